The zero-order valence-corrected chi connectivity index (χ0v) is 11.7. The predicted molar refractivity (Wildman–Crippen MR) is 82.0 cm³/mol. The minimum Gasteiger partial charge on any atom is -0.396 e. The summed E-state index contributed by atoms with van der Waals surface area (Å²) >= 11 is 0. The van der Waals surface area contributed by atoms with E-state index >= 15 is 0 Å². The van der Waals surface area contributed by atoms with E-state index in [2.05, 4.69) is 25.8 Å². The molecule has 1 fully saturated rings. The number of hydrogen-bond acceptors (Lipinski definition) is 5. The van der Waals surface area contributed by atoms with Gasteiger partial charge in [-0.2, -0.15) is 0 Å². The molecule has 0 radical (unpaired) electrons. The maximum absolute atomic E-state index is 6.13. The van der Waals surface area contributed by atoms with Crippen LogP contribution in [-0.4, -0.2) is 36.1 Å². The van der Waals surface area contributed by atoms with Crippen molar-refractivity contribution < 1.29 is 0 Å². The van der Waals surface area contributed by atoms with E-state index in [0.29, 0.717) is 0 Å². The van der Waals surface area contributed by atoms with Crippen molar-refractivity contribution in [3.05, 3.63) is 42.2 Å². The molecule has 0 amide bonds. The van der Waals surface area contributed by atoms with Gasteiger partial charge in [-0.05, 0) is 30.7 Å². The summed E-state index contributed by atoms with van der Waals surface area (Å²) in [7, 11) is 0. The monoisotopic (exact) mass is 269 g/mol. The number of anilines is 3. The quantitative estimate of drug-likeness (QED) is 0.899. The summed E-state index contributed by atoms with van der Waals surface area (Å²) in [6.07, 6.45) is 3.66. The van der Waals surface area contributed by atoms with Gasteiger partial charge in [0.05, 0.1) is 5.69 Å². The largest absolute Gasteiger partial charge is 0.396 e. The van der Waals surface area contributed by atoms with Crippen LogP contribution in [0.1, 0.15) is 5.56 Å². The number of aromatic nitrogens is 2. The molecule has 0 aliphatic carbocycles. The first-order valence-corrected chi connectivity index (χ1v) is 6.88. The van der Waals surface area contributed by atoms with Crippen LogP contribution in [0.25, 0.3) is 0 Å². The fourth-order valence-corrected chi connectivity index (χ4v) is 2.50. The highest BCUT2D eigenvalue weighted by Gasteiger charge is 2.20. The van der Waals surface area contributed by atoms with Crippen molar-refractivity contribution in [2.24, 2.45) is 0 Å². The van der Waals surface area contributed by atoms with Gasteiger partial charge in [0.15, 0.2) is 5.82 Å². The Morgan fingerprint density at radius 2 is 1.70 bits per heavy atom. The Morgan fingerprint density at radius 1 is 0.950 bits per heavy atom. The molecule has 0 aromatic carbocycles. The maximum atomic E-state index is 6.13. The molecule has 2 aromatic rings. The molecular formula is C15H19N5. The fraction of sp³-hybridized carbons (Fsp3) is 0.333. The smallest absolute Gasteiger partial charge is 0.152 e. The van der Waals surface area contributed by atoms with Gasteiger partial charge in [0, 0.05) is 38.6 Å². The summed E-state index contributed by atoms with van der Waals surface area (Å²) in [5.41, 5.74) is 8.00. The summed E-state index contributed by atoms with van der Waals surface area (Å²) in [6, 6.07) is 7.96. The third-order valence-electron chi connectivity index (χ3n) is 3.74. The van der Waals surface area contributed by atoms with E-state index in [1.807, 2.05) is 37.5 Å². The third kappa shape index (κ3) is 2.39. The van der Waals surface area contributed by atoms with Gasteiger partial charge in [-0.3, -0.25) is 0 Å². The second-order valence-electron chi connectivity index (χ2n) is 5.03. The molecule has 2 N–H and O–H groups in total. The van der Waals surface area contributed by atoms with Crippen molar-refractivity contribution in [3.63, 3.8) is 0 Å². The zero-order chi connectivity index (χ0) is 13.9. The molecule has 3 rings (SSSR count). The second-order valence-corrected chi connectivity index (χ2v) is 5.03. The average molecular weight is 269 g/mol. The van der Waals surface area contributed by atoms with Gasteiger partial charge in [0.2, 0.25) is 0 Å². The standard InChI is InChI=1S/C15H19N5/c1-12-5-7-18-15(14(12)16)20-10-8-19(9-11-20)13-4-2-3-6-17-13/h2-7H,8-11,16H2,1H3. The van der Waals surface area contributed by atoms with E-state index in [1.54, 1.807) is 0 Å². The first-order chi connectivity index (χ1) is 9.75. The molecule has 5 heteroatoms. The number of rotatable bonds is 2. The summed E-state index contributed by atoms with van der Waals surface area (Å²) < 4.78 is 0. The van der Waals surface area contributed by atoms with Gasteiger partial charge >= 0.3 is 0 Å². The van der Waals surface area contributed by atoms with Crippen LogP contribution in [0, 0.1) is 6.92 Å². The topological polar surface area (TPSA) is 58.3 Å². The zero-order valence-electron chi connectivity index (χ0n) is 11.7. The molecule has 2 aromatic heterocycles. The van der Waals surface area contributed by atoms with Crippen molar-refractivity contribution in [1.82, 2.24) is 9.97 Å². The molecule has 0 saturated carbocycles. The Labute approximate surface area is 119 Å². The SMILES string of the molecule is Cc1ccnc(N2CCN(c3ccccn3)CC2)c1N. The lowest BCUT2D eigenvalue weighted by atomic mass is 10.2. The van der Waals surface area contributed by atoms with Crippen molar-refractivity contribution in [3.8, 4) is 0 Å². The lowest BCUT2D eigenvalue weighted by Crippen LogP contribution is -2.47. The van der Waals surface area contributed by atoms with Crippen LogP contribution in [0.5, 0.6) is 0 Å². The Bertz CT molecular complexity index is 576. The highest BCUT2D eigenvalue weighted by Crippen LogP contribution is 2.25. The Balaban J connectivity index is 1.71. The Hall–Kier alpha value is -2.30. The van der Waals surface area contributed by atoms with E-state index in [1.165, 1.54) is 0 Å². The van der Waals surface area contributed by atoms with Crippen LogP contribution in [0.2, 0.25) is 0 Å². The maximum Gasteiger partial charge on any atom is 0.152 e. The lowest BCUT2D eigenvalue weighted by Gasteiger charge is -2.36. The molecular weight excluding hydrogens is 250 g/mol. The molecule has 1 aliphatic rings. The first kappa shape index (κ1) is 12.7. The molecule has 5 nitrogen and oxygen atoms in total. The third-order valence-corrected chi connectivity index (χ3v) is 3.74. The number of pyridine rings is 2. The van der Waals surface area contributed by atoms with Crippen molar-refractivity contribution in [2.75, 3.05) is 41.7 Å². The van der Waals surface area contributed by atoms with Crippen molar-refractivity contribution in [1.29, 1.82) is 0 Å². The number of hydrogen-bond donors (Lipinski definition) is 1. The van der Waals surface area contributed by atoms with Crippen LogP contribution in [0.3, 0.4) is 0 Å². The molecule has 1 aliphatic heterocycles. The number of aryl methyl sites for hydroxylation is 1. The molecule has 0 spiro atoms. The number of nitrogens with two attached hydrogens (primary N) is 1. The van der Waals surface area contributed by atoms with Gasteiger partial charge < -0.3 is 15.5 Å². The fourth-order valence-electron chi connectivity index (χ4n) is 2.50. The summed E-state index contributed by atoms with van der Waals surface area (Å²) in [4.78, 5) is 13.4. The molecule has 20 heavy (non-hydrogen) atoms. The molecule has 0 atom stereocenters. The van der Waals surface area contributed by atoms with E-state index in [0.717, 1.165) is 49.1 Å². The molecule has 3 heterocycles. The highest BCUT2D eigenvalue weighted by atomic mass is 15.3. The van der Waals surface area contributed by atoms with Gasteiger partial charge in [0.1, 0.15) is 5.82 Å². The van der Waals surface area contributed by atoms with E-state index in [-0.39, 0.29) is 0 Å². The molecule has 0 bridgehead atoms. The highest BCUT2D eigenvalue weighted by molar-refractivity contribution is 5.66. The Kier molecular flexibility index (Phi) is 3.41. The van der Waals surface area contributed by atoms with Gasteiger partial charge in [-0.15, -0.1) is 0 Å². The van der Waals surface area contributed by atoms with Crippen molar-refractivity contribution >= 4 is 17.3 Å². The number of nitrogens with zero attached hydrogens (tertiary/aromatic N) is 4. The van der Waals surface area contributed by atoms with Crippen LogP contribution in [-0.2, 0) is 0 Å². The summed E-state index contributed by atoms with van der Waals surface area (Å²) in [6.45, 7) is 5.72. The minimum atomic E-state index is 0.791. The lowest BCUT2D eigenvalue weighted by molar-refractivity contribution is 0.642. The van der Waals surface area contributed by atoms with Crippen LogP contribution >= 0.6 is 0 Å². The number of nitrogen functional groups attached to an aromatic ring is 1. The van der Waals surface area contributed by atoms with E-state index in [4.69, 9.17) is 5.73 Å². The Morgan fingerprint density at radius 3 is 2.40 bits per heavy atom. The van der Waals surface area contributed by atoms with Gasteiger partial charge in [-0.25, -0.2) is 9.97 Å². The summed E-state index contributed by atoms with van der Waals surface area (Å²) in [5.74, 6) is 1.95. The predicted octanol–water partition coefficient (Wildman–Crippen LogP) is 1.69. The van der Waals surface area contributed by atoms with Crippen molar-refractivity contribution in [2.45, 2.75) is 6.92 Å². The number of piperazine rings is 1. The average Bonchev–Trinajstić information content (AvgIpc) is 2.51. The molecule has 1 saturated heterocycles. The van der Waals surface area contributed by atoms with Gasteiger partial charge in [-0.1, -0.05) is 6.07 Å². The van der Waals surface area contributed by atoms with Gasteiger partial charge in [0.25, 0.3) is 0 Å². The second kappa shape index (κ2) is 5.36. The van der Waals surface area contributed by atoms with Crippen LogP contribution < -0.4 is 15.5 Å². The normalized spacial score (nSPS) is 15.4. The summed E-state index contributed by atoms with van der Waals surface area (Å²) in [5, 5.41) is 0. The first-order valence-electron chi connectivity index (χ1n) is 6.88. The molecule has 104 valence electrons. The van der Waals surface area contributed by atoms with E-state index in [9.17, 15) is 0 Å². The van der Waals surface area contributed by atoms with Crippen LogP contribution in [0.4, 0.5) is 17.3 Å². The minimum absolute atomic E-state index is 0.791. The molecule has 0 unspecified atom stereocenters. The van der Waals surface area contributed by atoms with E-state index < -0.39 is 0 Å². The van der Waals surface area contributed by atoms with Crippen LogP contribution in [0.15, 0.2) is 36.7 Å².